The smallest absolute Gasteiger partial charge is 0.268 e. The zero-order valence-corrected chi connectivity index (χ0v) is 60.3. The Morgan fingerprint density at radius 1 is 0.434 bits per heavy atom. The van der Waals surface area contributed by atoms with Crippen molar-refractivity contribution in [3.8, 4) is 95.5 Å². The van der Waals surface area contributed by atoms with Crippen molar-refractivity contribution in [2.75, 3.05) is 0 Å². The molecular weight excluding hydrogens is 1480 g/mol. The number of hydrogen-bond acceptors (Lipinski definition) is 2. The fourth-order valence-electron chi connectivity index (χ4n) is 12.9. The maximum Gasteiger partial charge on any atom is 0.268 e. The molecule has 0 aliphatic rings. The topological polar surface area (TPSA) is 35.9 Å². The molecule has 14 aromatic carbocycles. The van der Waals surface area contributed by atoms with Gasteiger partial charge in [-0.15, -0.1) is 29.7 Å². The molecule has 0 atom stereocenters. The molecule has 0 spiro atoms. The molecule has 5 nitrogen and oxygen atoms in total. The van der Waals surface area contributed by atoms with Gasteiger partial charge in [-0.2, -0.15) is 18.2 Å². The second kappa shape index (κ2) is 28.3. The standard InChI is InChI=1S/C99H78N4OSi.Pt/c1-68-54-96(100-66-90(68)72-38-21-11-22-39-72)103-91-49-30-29-48-87(91)88-52-51-83(65-93(88)103)104-82-41-31-40-81(64-82)101-67-102(92-53-50-73(61-94(92)101)76-58-79(98(2,3)4)63-80(59-76)99(5,6)7)97-89(78-56-74(69-32-15-8-16-33-69)55-75(57-78)70-34-17-9-18-35-70)60-77(71-36-19-10-20-37-71)62-95(97)105(84-42-23-12-24-43-84,85-44-25-13-26-45-85)86-46-27-14-28-47-86;/h8-63,66H,1-7H3;/q-2;/i1D3,8D,9D,10D,11D,12D,13D,14D,15D,16D,17D,18D,19D,20D,21D,22D,23D,24D,25D,26D,27D,28D,32D,33D,34D,35D,36D,37D,38D,39D,42D,43D,44D,45D,46D,47D,55D,56D,57D;. The molecule has 7 heteroatoms. The molecule has 0 aliphatic carbocycles. The van der Waals surface area contributed by atoms with Gasteiger partial charge in [0.15, 0.2) is 8.07 Å². The van der Waals surface area contributed by atoms with E-state index in [9.17, 15) is 41.1 Å². The average molecular weight is 1600 g/mol. The molecule has 0 radical (unpaired) electrons. The Bertz CT molecular complexity index is 8160. The van der Waals surface area contributed by atoms with E-state index in [-0.39, 0.29) is 66.2 Å². The number of imidazole rings is 1. The second-order valence-corrected chi connectivity index (χ2v) is 30.0. The van der Waals surface area contributed by atoms with E-state index in [1.165, 1.54) is 41.0 Å². The molecule has 0 saturated carbocycles. The maximum absolute atomic E-state index is 11.1. The van der Waals surface area contributed by atoms with Gasteiger partial charge in [0.1, 0.15) is 5.82 Å². The van der Waals surface area contributed by atoms with Crippen molar-refractivity contribution in [3.05, 3.63) is 380 Å². The molecule has 0 bridgehead atoms. The Balaban J connectivity index is 0.0000154. The Hall–Kier alpha value is -11.8. The number of benzene rings is 14. The largest absolute Gasteiger partial charge is 0.510 e. The van der Waals surface area contributed by atoms with Crippen LogP contribution in [0, 0.1) is 25.3 Å². The Morgan fingerprint density at radius 3 is 1.52 bits per heavy atom. The molecular formula is C99H78N4OPtSi-2. The van der Waals surface area contributed by atoms with Crippen LogP contribution in [0.4, 0.5) is 0 Å². The third-order valence-electron chi connectivity index (χ3n) is 18.0. The number of para-hydroxylation sites is 1. The van der Waals surface area contributed by atoms with Crippen molar-refractivity contribution in [2.24, 2.45) is 0 Å². The molecule has 0 aliphatic heterocycles. The summed E-state index contributed by atoms with van der Waals surface area (Å²) in [6, 6.07) is -9.62. The quantitative estimate of drug-likeness (QED) is 0.0444. The van der Waals surface area contributed by atoms with Crippen molar-refractivity contribution >= 4 is 61.7 Å². The van der Waals surface area contributed by atoms with Crippen LogP contribution in [0.5, 0.6) is 11.5 Å². The first kappa shape index (κ1) is 36.3. The molecule has 0 fully saturated rings. The van der Waals surface area contributed by atoms with Crippen LogP contribution in [-0.2, 0) is 31.9 Å². The second-order valence-electron chi connectivity index (χ2n) is 26.5. The van der Waals surface area contributed by atoms with Crippen LogP contribution in [0.2, 0.25) is 0 Å². The van der Waals surface area contributed by atoms with Crippen molar-refractivity contribution in [1.29, 1.82) is 0 Å². The zero-order valence-electron chi connectivity index (χ0n) is 98.0. The number of rotatable bonds is 15. The monoisotopic (exact) mass is 1600 g/mol. The summed E-state index contributed by atoms with van der Waals surface area (Å²) in [7, 11) is -7.06. The van der Waals surface area contributed by atoms with Crippen LogP contribution in [0.15, 0.2) is 345 Å². The van der Waals surface area contributed by atoms with E-state index in [0.717, 1.165) is 34.0 Å². The van der Waals surface area contributed by atoms with Crippen molar-refractivity contribution in [2.45, 2.75) is 59.2 Å². The van der Waals surface area contributed by atoms with Crippen molar-refractivity contribution in [1.82, 2.24) is 14.1 Å². The fraction of sp³-hybridized carbons (Fsp3) is 0.0909. The van der Waals surface area contributed by atoms with E-state index in [2.05, 4.69) is 18.5 Å². The van der Waals surface area contributed by atoms with Gasteiger partial charge in [-0.1, -0.05) is 313 Å². The number of pyridine rings is 1. The Labute approximate surface area is 694 Å². The van der Waals surface area contributed by atoms with Crippen LogP contribution in [0.3, 0.4) is 0 Å². The van der Waals surface area contributed by atoms with E-state index < -0.39 is 337 Å². The minimum absolute atomic E-state index is 0. The van der Waals surface area contributed by atoms with Gasteiger partial charge >= 0.3 is 0 Å². The van der Waals surface area contributed by atoms with E-state index in [0.29, 0.717) is 27.4 Å². The van der Waals surface area contributed by atoms with Gasteiger partial charge in [0.2, 0.25) is 0 Å². The number of hydrogen-bond donors (Lipinski definition) is 0. The van der Waals surface area contributed by atoms with E-state index in [4.69, 9.17) is 24.8 Å². The number of aryl methyl sites for hydroxylation is 1. The third-order valence-corrected chi connectivity index (χ3v) is 22.2. The molecule has 17 aromatic rings. The van der Waals surface area contributed by atoms with Crippen LogP contribution in [0.25, 0.3) is 117 Å². The number of ether oxygens (including phenoxy) is 1. The van der Waals surface area contributed by atoms with E-state index >= 15 is 0 Å². The molecule has 3 heterocycles. The maximum atomic E-state index is 11.1. The van der Waals surface area contributed by atoms with Gasteiger partial charge in [0.05, 0.1) is 68.8 Å². The molecule has 17 rings (SSSR count). The molecule has 0 amide bonds. The summed E-state index contributed by atoms with van der Waals surface area (Å²) in [6.07, 6.45) is 4.45. The summed E-state index contributed by atoms with van der Waals surface area (Å²) in [4.78, 5) is 4.71. The van der Waals surface area contributed by atoms with E-state index in [1.54, 1.807) is 47.0 Å². The fourth-order valence-corrected chi connectivity index (χ4v) is 17.0. The predicted octanol–water partition coefficient (Wildman–Crippen LogP) is 21.9. The summed E-state index contributed by atoms with van der Waals surface area (Å²) in [5, 5.41) is -3.66. The van der Waals surface area contributed by atoms with Gasteiger partial charge in [-0.05, 0) is 170 Å². The summed E-state index contributed by atoms with van der Waals surface area (Å²) in [5.41, 5.74) is -8.78. The molecule has 106 heavy (non-hydrogen) atoms. The normalized spacial score (nSPS) is 17.4. The van der Waals surface area contributed by atoms with Gasteiger partial charge < -0.3 is 13.9 Å². The number of fused-ring (bicyclic) bond motifs is 4. The third kappa shape index (κ3) is 12.9. The summed E-state index contributed by atoms with van der Waals surface area (Å²) in [5.74, 6) is -0.313. The van der Waals surface area contributed by atoms with Crippen LogP contribution in [-0.4, -0.2) is 22.2 Å². The van der Waals surface area contributed by atoms with Gasteiger partial charge in [-0.25, -0.2) is 4.98 Å². The average Bonchev–Trinajstić information content (AvgIpc) is 1.50. The minimum Gasteiger partial charge on any atom is -0.510 e. The Morgan fingerprint density at radius 2 is 0.953 bits per heavy atom. The van der Waals surface area contributed by atoms with Crippen LogP contribution >= 0.6 is 0 Å². The van der Waals surface area contributed by atoms with Crippen LogP contribution < -0.4 is 30.1 Å². The summed E-state index contributed by atoms with van der Waals surface area (Å²) >= 11 is 0. The predicted molar refractivity (Wildman–Crippen MR) is 438 cm³/mol. The Kier molecular flexibility index (Phi) is 9.70. The van der Waals surface area contributed by atoms with Gasteiger partial charge in [0, 0.05) is 54.0 Å². The van der Waals surface area contributed by atoms with E-state index in [1.807, 2.05) is 59.7 Å². The first-order valence-corrected chi connectivity index (χ1v) is 34.9. The SMILES string of the molecule is [2H]c1c([2H])c([2H])c(-c2cc(-c3c([2H])c(-c4c([2H])c([2H])c([2H])c([2H])c4[2H])c([2H])c(-c4c([2H])c([2H])c([2H])c([2H])c4[2H])c3[2H])c(-[n+]3[c-]n(-c4[c-]c(Oc5[c-]c6c(cc5)c5ccccc5n6-c5cc(C([2H])([2H])[2H])c(-c6c([2H])c([2H])c([2H])c([2H])c6[2H])cn5)ccc4)c4cc(-c5cc(C(C)(C)C)cc(C(C)(C)C)c5)ccc43)c([Si](c3c([2H])c([2H])c([2H])c([2H])c3[2H])(c3c([2H])c([2H])c([2H])c([2H])c3[2H])c3c([2H])c([2H])c([2H])c([2H])c3[2H])c2)c([2H])c1[2H].[Pt]. The summed E-state index contributed by atoms with van der Waals surface area (Å²) < 4.78 is 404. The molecule has 0 N–H and O–H groups in total. The minimum atomic E-state index is -7.06. The number of nitrogens with zero attached hydrogens (tertiary/aromatic N) is 4. The van der Waals surface area contributed by atoms with Crippen LogP contribution in [0.1, 0.15) is 114 Å². The van der Waals surface area contributed by atoms with Gasteiger partial charge in [0.25, 0.3) is 6.33 Å². The molecule has 0 saturated heterocycles. The van der Waals surface area contributed by atoms with Gasteiger partial charge in [-0.3, -0.25) is 4.57 Å². The summed E-state index contributed by atoms with van der Waals surface area (Å²) in [6.45, 7) is 8.89. The first-order chi connectivity index (χ1) is 68.2. The first-order valence-electron chi connectivity index (χ1n) is 53.4. The molecule has 0 unspecified atom stereocenters. The number of aromatic nitrogens is 4. The molecule has 3 aromatic heterocycles. The molecule has 516 valence electrons. The zero-order chi connectivity index (χ0) is 107. The van der Waals surface area contributed by atoms with Crippen molar-refractivity contribution < 1.29 is 86.6 Å². The van der Waals surface area contributed by atoms with Crippen molar-refractivity contribution in [3.63, 3.8) is 0 Å².